The van der Waals surface area contributed by atoms with Crippen molar-refractivity contribution in [3.05, 3.63) is 59.7 Å². The molecule has 2 aromatic carbocycles. The van der Waals surface area contributed by atoms with Crippen molar-refractivity contribution >= 4 is 5.78 Å². The highest BCUT2D eigenvalue weighted by molar-refractivity contribution is 6.06. The molecule has 17 heavy (non-hydrogen) atoms. The molecule has 1 unspecified atom stereocenters. The summed E-state index contributed by atoms with van der Waals surface area (Å²) in [4.78, 5) is 11.9. The van der Waals surface area contributed by atoms with Gasteiger partial charge in [-0.3, -0.25) is 4.79 Å². The van der Waals surface area contributed by atoms with Crippen LogP contribution in [0.2, 0.25) is 0 Å². The Morgan fingerprint density at radius 2 is 1.65 bits per heavy atom. The van der Waals surface area contributed by atoms with E-state index >= 15 is 0 Å². The Balaban J connectivity index is 2.19. The number of hydrogen-bond donors (Lipinski definition) is 1. The highest BCUT2D eigenvalue weighted by Gasteiger charge is 2.29. The Labute approximate surface area is 100 Å². The van der Waals surface area contributed by atoms with Gasteiger partial charge in [0.05, 0.1) is 6.04 Å². The number of fused-ring (bicyclic) bond motifs is 1. The van der Waals surface area contributed by atoms with Crippen LogP contribution in [0.1, 0.15) is 15.9 Å². The fraction of sp³-hybridized carbons (Fsp3) is 0.133. The van der Waals surface area contributed by atoms with Gasteiger partial charge in [-0.25, -0.2) is 0 Å². The summed E-state index contributed by atoms with van der Waals surface area (Å²) >= 11 is 0. The molecule has 2 heteroatoms. The first-order valence-corrected chi connectivity index (χ1v) is 5.74. The SMILES string of the molecule is NC1Cc2c(cccc2-c2ccccc2)C1=O. The molecule has 2 N–H and O–H groups in total. The van der Waals surface area contributed by atoms with E-state index in [4.69, 9.17) is 5.73 Å². The van der Waals surface area contributed by atoms with Crippen LogP contribution in [0.4, 0.5) is 0 Å². The minimum Gasteiger partial charge on any atom is -0.321 e. The molecule has 0 saturated carbocycles. The molecule has 0 fully saturated rings. The van der Waals surface area contributed by atoms with Crippen LogP contribution >= 0.6 is 0 Å². The molecule has 1 aliphatic carbocycles. The Morgan fingerprint density at radius 1 is 0.941 bits per heavy atom. The lowest BCUT2D eigenvalue weighted by Gasteiger charge is -2.07. The van der Waals surface area contributed by atoms with Crippen LogP contribution in [0.5, 0.6) is 0 Å². The molecule has 2 aromatic rings. The number of carbonyl (C=O) groups is 1. The number of Topliss-reactive ketones (excluding diaryl/α,β-unsaturated/α-hetero) is 1. The summed E-state index contributed by atoms with van der Waals surface area (Å²) in [6.45, 7) is 0. The Hall–Kier alpha value is -1.93. The molecular formula is C15H13NO. The van der Waals surface area contributed by atoms with Crippen molar-refractivity contribution in [3.63, 3.8) is 0 Å². The first kappa shape index (κ1) is 10.2. The van der Waals surface area contributed by atoms with Crippen molar-refractivity contribution < 1.29 is 4.79 Å². The normalized spacial score (nSPS) is 18.2. The summed E-state index contributed by atoms with van der Waals surface area (Å²) in [5.74, 6) is 0.0674. The third-order valence-corrected chi connectivity index (χ3v) is 3.29. The summed E-state index contributed by atoms with van der Waals surface area (Å²) in [5.41, 5.74) is 9.98. The van der Waals surface area contributed by atoms with E-state index in [0.29, 0.717) is 6.42 Å². The second-order valence-corrected chi connectivity index (χ2v) is 4.37. The largest absolute Gasteiger partial charge is 0.321 e. The van der Waals surface area contributed by atoms with Crippen molar-refractivity contribution in [3.8, 4) is 11.1 Å². The highest BCUT2D eigenvalue weighted by Crippen LogP contribution is 2.31. The minimum atomic E-state index is -0.366. The van der Waals surface area contributed by atoms with Crippen molar-refractivity contribution in [1.82, 2.24) is 0 Å². The molecule has 0 spiro atoms. The lowest BCUT2D eigenvalue weighted by Crippen LogP contribution is -2.26. The summed E-state index contributed by atoms with van der Waals surface area (Å²) in [7, 11) is 0. The van der Waals surface area contributed by atoms with Gasteiger partial charge in [0, 0.05) is 5.56 Å². The second-order valence-electron chi connectivity index (χ2n) is 4.37. The predicted octanol–water partition coefficient (Wildman–Crippen LogP) is 2.42. The van der Waals surface area contributed by atoms with E-state index in [1.54, 1.807) is 0 Å². The third kappa shape index (κ3) is 1.58. The molecule has 2 nitrogen and oxygen atoms in total. The summed E-state index contributed by atoms with van der Waals surface area (Å²) in [6.07, 6.45) is 0.652. The van der Waals surface area contributed by atoms with Crippen molar-refractivity contribution in [1.29, 1.82) is 0 Å². The number of rotatable bonds is 1. The molecule has 0 bridgehead atoms. The van der Waals surface area contributed by atoms with E-state index in [9.17, 15) is 4.79 Å². The van der Waals surface area contributed by atoms with Crippen molar-refractivity contribution in [2.45, 2.75) is 12.5 Å². The molecule has 1 atom stereocenters. The van der Waals surface area contributed by atoms with E-state index in [-0.39, 0.29) is 11.8 Å². The average Bonchev–Trinajstić information content (AvgIpc) is 2.67. The van der Waals surface area contributed by atoms with Gasteiger partial charge in [0.25, 0.3) is 0 Å². The number of carbonyl (C=O) groups excluding carboxylic acids is 1. The molecule has 0 aromatic heterocycles. The van der Waals surface area contributed by atoms with Gasteiger partial charge in [-0.05, 0) is 23.1 Å². The second kappa shape index (κ2) is 3.82. The maximum Gasteiger partial charge on any atom is 0.180 e. The molecule has 0 heterocycles. The first-order valence-electron chi connectivity index (χ1n) is 5.74. The number of hydrogen-bond acceptors (Lipinski definition) is 2. The van der Waals surface area contributed by atoms with E-state index in [1.165, 1.54) is 0 Å². The van der Waals surface area contributed by atoms with Gasteiger partial charge in [0.2, 0.25) is 0 Å². The maximum atomic E-state index is 11.9. The van der Waals surface area contributed by atoms with Gasteiger partial charge in [-0.15, -0.1) is 0 Å². The molecule has 84 valence electrons. The monoisotopic (exact) mass is 223 g/mol. The average molecular weight is 223 g/mol. The first-order chi connectivity index (χ1) is 8.27. The summed E-state index contributed by atoms with van der Waals surface area (Å²) in [6, 6.07) is 15.6. The van der Waals surface area contributed by atoms with Crippen LogP contribution in [0, 0.1) is 0 Å². The van der Waals surface area contributed by atoms with E-state index < -0.39 is 0 Å². The zero-order valence-electron chi connectivity index (χ0n) is 9.39. The molecule has 0 aliphatic heterocycles. The smallest absolute Gasteiger partial charge is 0.180 e. The number of nitrogens with two attached hydrogens (primary N) is 1. The predicted molar refractivity (Wildman–Crippen MR) is 67.9 cm³/mol. The van der Waals surface area contributed by atoms with E-state index in [1.807, 2.05) is 30.3 Å². The number of ketones is 1. The van der Waals surface area contributed by atoms with Gasteiger partial charge < -0.3 is 5.73 Å². The van der Waals surface area contributed by atoms with Crippen LogP contribution in [0.15, 0.2) is 48.5 Å². The van der Waals surface area contributed by atoms with Gasteiger partial charge in [-0.1, -0.05) is 48.5 Å². The van der Waals surface area contributed by atoms with E-state index in [2.05, 4.69) is 18.2 Å². The number of benzene rings is 2. The van der Waals surface area contributed by atoms with Crippen LogP contribution in [0.3, 0.4) is 0 Å². The fourth-order valence-electron chi connectivity index (χ4n) is 2.44. The van der Waals surface area contributed by atoms with E-state index in [0.717, 1.165) is 22.3 Å². The zero-order valence-corrected chi connectivity index (χ0v) is 9.39. The molecule has 0 amide bonds. The van der Waals surface area contributed by atoms with Crippen LogP contribution in [-0.4, -0.2) is 11.8 Å². The zero-order chi connectivity index (χ0) is 11.8. The van der Waals surface area contributed by atoms with Crippen LogP contribution < -0.4 is 5.73 Å². The quantitative estimate of drug-likeness (QED) is 0.806. The standard InChI is InChI=1S/C15H13NO/c16-14-9-13-11(10-5-2-1-3-6-10)7-4-8-12(13)15(14)17/h1-8,14H,9,16H2. The summed E-state index contributed by atoms with van der Waals surface area (Å²) < 4.78 is 0. The third-order valence-electron chi connectivity index (χ3n) is 3.29. The van der Waals surface area contributed by atoms with Gasteiger partial charge in [-0.2, -0.15) is 0 Å². The molecular weight excluding hydrogens is 210 g/mol. The Morgan fingerprint density at radius 3 is 2.41 bits per heavy atom. The molecule has 1 aliphatic rings. The fourth-order valence-corrected chi connectivity index (χ4v) is 2.44. The van der Waals surface area contributed by atoms with Crippen LogP contribution in [0.25, 0.3) is 11.1 Å². The van der Waals surface area contributed by atoms with Crippen LogP contribution in [-0.2, 0) is 6.42 Å². The molecule has 3 rings (SSSR count). The maximum absolute atomic E-state index is 11.9. The van der Waals surface area contributed by atoms with Gasteiger partial charge in [0.15, 0.2) is 5.78 Å². The lowest BCUT2D eigenvalue weighted by atomic mass is 9.97. The topological polar surface area (TPSA) is 43.1 Å². The summed E-state index contributed by atoms with van der Waals surface area (Å²) in [5, 5.41) is 0. The van der Waals surface area contributed by atoms with Crippen molar-refractivity contribution in [2.24, 2.45) is 5.73 Å². The molecule has 0 radical (unpaired) electrons. The molecule has 0 saturated heterocycles. The van der Waals surface area contributed by atoms with Gasteiger partial charge >= 0.3 is 0 Å². The minimum absolute atomic E-state index is 0.0674. The Bertz CT molecular complexity index is 575. The highest BCUT2D eigenvalue weighted by atomic mass is 16.1. The van der Waals surface area contributed by atoms with Crippen molar-refractivity contribution in [2.75, 3.05) is 0 Å². The van der Waals surface area contributed by atoms with Gasteiger partial charge in [0.1, 0.15) is 0 Å². The lowest BCUT2D eigenvalue weighted by molar-refractivity contribution is 0.0974. The Kier molecular flexibility index (Phi) is 2.30.